The molecule has 5 rings (SSSR count). The van der Waals surface area contributed by atoms with Crippen LogP contribution in [-0.2, 0) is 16.6 Å². The van der Waals surface area contributed by atoms with Gasteiger partial charge in [-0.25, -0.2) is 8.42 Å². The number of carbonyl (C=O) groups excluding carboxylic acids is 1. The molecule has 0 fully saturated rings. The number of nitrogens with one attached hydrogen (secondary N) is 1. The molecule has 4 aromatic carbocycles. The van der Waals surface area contributed by atoms with Gasteiger partial charge in [0.2, 0.25) is 10.0 Å². The van der Waals surface area contributed by atoms with Crippen molar-refractivity contribution in [3.05, 3.63) is 108 Å². The van der Waals surface area contributed by atoms with Crippen molar-refractivity contribution >= 4 is 49.2 Å². The molecule has 0 aliphatic rings. The highest BCUT2D eigenvalue weighted by molar-refractivity contribution is 7.92. The Balaban J connectivity index is 1.35. The molecule has 35 heavy (non-hydrogen) atoms. The summed E-state index contributed by atoms with van der Waals surface area (Å²) in [6.45, 7) is 2.19. The molecule has 1 aromatic heterocycles. The van der Waals surface area contributed by atoms with Crippen molar-refractivity contribution in [2.24, 2.45) is 0 Å². The van der Waals surface area contributed by atoms with Crippen LogP contribution in [0.2, 0.25) is 0 Å². The Morgan fingerprint density at radius 3 is 2.26 bits per heavy atom. The third kappa shape index (κ3) is 4.76. The molecule has 0 unspecified atom stereocenters. The summed E-state index contributed by atoms with van der Waals surface area (Å²) in [5, 5.41) is 4.90. The van der Waals surface area contributed by atoms with Gasteiger partial charge in [0.1, 0.15) is 11.2 Å². The molecule has 6 nitrogen and oxygen atoms in total. The van der Waals surface area contributed by atoms with Crippen molar-refractivity contribution in [1.82, 2.24) is 0 Å². The minimum atomic E-state index is -3.52. The molecule has 0 spiro atoms. The topological polar surface area (TPSA) is 79.6 Å². The molecule has 0 bridgehead atoms. The molecule has 7 heteroatoms. The molecule has 1 heterocycles. The lowest BCUT2D eigenvalue weighted by atomic mass is 10.1. The minimum Gasteiger partial charge on any atom is -0.456 e. The average Bonchev–Trinajstić information content (AvgIpc) is 3.21. The summed E-state index contributed by atoms with van der Waals surface area (Å²) in [6.07, 6.45) is 1.18. The lowest BCUT2D eigenvalue weighted by molar-refractivity contribution is 0.102. The number of aryl methyl sites for hydroxylation is 1. The third-order valence-corrected chi connectivity index (χ3v) is 7.04. The number of hydrogen-bond acceptors (Lipinski definition) is 4. The predicted molar refractivity (Wildman–Crippen MR) is 140 cm³/mol. The number of rotatable bonds is 6. The monoisotopic (exact) mass is 484 g/mol. The van der Waals surface area contributed by atoms with E-state index in [9.17, 15) is 13.2 Å². The lowest BCUT2D eigenvalue weighted by Crippen LogP contribution is -2.29. The molecule has 0 aliphatic carbocycles. The fourth-order valence-electron chi connectivity index (χ4n) is 4.05. The minimum absolute atomic E-state index is 0.210. The standard InChI is InChI=1S/C28H24N2O4S/c1-19-7-9-20(10-8-19)18-30(35(2,32)33)23-14-11-21(12-15-23)28(31)29-22-13-16-25-24-5-3-4-6-26(24)34-27(25)17-22/h3-17H,18H2,1-2H3,(H,29,31). The zero-order chi connectivity index (χ0) is 24.6. The maximum atomic E-state index is 12.8. The van der Waals surface area contributed by atoms with E-state index in [4.69, 9.17) is 4.42 Å². The van der Waals surface area contributed by atoms with Crippen molar-refractivity contribution in [1.29, 1.82) is 0 Å². The van der Waals surface area contributed by atoms with Crippen LogP contribution in [0.4, 0.5) is 11.4 Å². The van der Waals surface area contributed by atoms with Gasteiger partial charge < -0.3 is 9.73 Å². The number of amides is 1. The molecule has 1 N–H and O–H groups in total. The largest absolute Gasteiger partial charge is 0.456 e. The Hall–Kier alpha value is -4.10. The summed E-state index contributed by atoms with van der Waals surface area (Å²) >= 11 is 0. The summed E-state index contributed by atoms with van der Waals surface area (Å²) in [7, 11) is -3.52. The van der Waals surface area contributed by atoms with Crippen LogP contribution in [0.3, 0.4) is 0 Å². The van der Waals surface area contributed by atoms with Crippen LogP contribution < -0.4 is 9.62 Å². The molecule has 176 valence electrons. The highest BCUT2D eigenvalue weighted by atomic mass is 32.2. The van der Waals surface area contributed by atoms with Crippen LogP contribution in [-0.4, -0.2) is 20.6 Å². The van der Waals surface area contributed by atoms with E-state index < -0.39 is 10.0 Å². The van der Waals surface area contributed by atoms with Gasteiger partial charge in [0, 0.05) is 28.1 Å². The van der Waals surface area contributed by atoms with E-state index in [0.717, 1.165) is 27.5 Å². The molecule has 0 saturated heterocycles. The molecule has 1 amide bonds. The number of nitrogens with zero attached hydrogens (tertiary/aromatic N) is 1. The Kier molecular flexibility index (Phi) is 5.78. The normalized spacial score (nSPS) is 11.6. The first-order valence-electron chi connectivity index (χ1n) is 11.1. The quantitative estimate of drug-likeness (QED) is 0.315. The lowest BCUT2D eigenvalue weighted by Gasteiger charge is -2.23. The van der Waals surface area contributed by atoms with Crippen LogP contribution in [0.25, 0.3) is 21.9 Å². The fraction of sp³-hybridized carbons (Fsp3) is 0.107. The first-order chi connectivity index (χ1) is 16.8. The Morgan fingerprint density at radius 2 is 1.54 bits per heavy atom. The summed E-state index contributed by atoms with van der Waals surface area (Å²) in [5.74, 6) is -0.295. The second-order valence-corrected chi connectivity index (χ2v) is 10.5. The van der Waals surface area contributed by atoms with Crippen LogP contribution in [0.15, 0.2) is 95.4 Å². The Labute approximate surface area is 203 Å². The zero-order valence-electron chi connectivity index (χ0n) is 19.4. The first-order valence-corrected chi connectivity index (χ1v) is 13.0. The van der Waals surface area contributed by atoms with Gasteiger partial charge in [0.05, 0.1) is 18.5 Å². The predicted octanol–water partition coefficient (Wildman–Crippen LogP) is 6.11. The van der Waals surface area contributed by atoms with E-state index in [1.54, 1.807) is 30.3 Å². The number of anilines is 2. The van der Waals surface area contributed by atoms with Crippen molar-refractivity contribution in [3.63, 3.8) is 0 Å². The summed E-state index contributed by atoms with van der Waals surface area (Å²) in [5.41, 5.74) is 5.00. The van der Waals surface area contributed by atoms with E-state index in [1.807, 2.05) is 67.6 Å². The molecule has 0 atom stereocenters. The average molecular weight is 485 g/mol. The Bertz CT molecular complexity index is 1640. The van der Waals surface area contributed by atoms with E-state index >= 15 is 0 Å². The number of para-hydroxylation sites is 1. The van der Waals surface area contributed by atoms with Crippen molar-refractivity contribution < 1.29 is 17.6 Å². The number of carbonyl (C=O) groups is 1. The summed E-state index contributed by atoms with van der Waals surface area (Å²) < 4.78 is 32.2. The number of benzene rings is 4. The zero-order valence-corrected chi connectivity index (χ0v) is 20.2. The molecular formula is C28H24N2O4S. The van der Waals surface area contributed by atoms with E-state index in [2.05, 4.69) is 5.32 Å². The van der Waals surface area contributed by atoms with E-state index in [-0.39, 0.29) is 12.5 Å². The number of fused-ring (bicyclic) bond motifs is 3. The molecule has 0 radical (unpaired) electrons. The van der Waals surface area contributed by atoms with Gasteiger partial charge in [-0.2, -0.15) is 0 Å². The van der Waals surface area contributed by atoms with Crippen LogP contribution in [0.5, 0.6) is 0 Å². The van der Waals surface area contributed by atoms with Crippen LogP contribution >= 0.6 is 0 Å². The first kappa shape index (κ1) is 22.7. The van der Waals surface area contributed by atoms with Gasteiger partial charge in [-0.05, 0) is 55.0 Å². The smallest absolute Gasteiger partial charge is 0.255 e. The highest BCUT2D eigenvalue weighted by Crippen LogP contribution is 2.30. The second-order valence-electron chi connectivity index (χ2n) is 8.57. The molecule has 5 aromatic rings. The Morgan fingerprint density at radius 1 is 0.857 bits per heavy atom. The number of hydrogen-bond donors (Lipinski definition) is 1. The SMILES string of the molecule is Cc1ccc(CN(c2ccc(C(=O)Nc3ccc4c(c3)oc3ccccc34)cc2)S(C)(=O)=O)cc1. The van der Waals surface area contributed by atoms with Crippen LogP contribution in [0, 0.1) is 6.92 Å². The van der Waals surface area contributed by atoms with Gasteiger partial charge in [-0.15, -0.1) is 0 Å². The van der Waals surface area contributed by atoms with E-state index in [1.165, 1.54) is 10.6 Å². The summed E-state index contributed by atoms with van der Waals surface area (Å²) in [4.78, 5) is 12.8. The maximum Gasteiger partial charge on any atom is 0.255 e. The van der Waals surface area contributed by atoms with Gasteiger partial charge in [-0.3, -0.25) is 9.10 Å². The maximum absolute atomic E-state index is 12.8. The van der Waals surface area contributed by atoms with Crippen LogP contribution in [0.1, 0.15) is 21.5 Å². The van der Waals surface area contributed by atoms with Gasteiger partial charge in [0.25, 0.3) is 5.91 Å². The molecule has 0 aliphatic heterocycles. The second kappa shape index (κ2) is 8.92. The molecule has 0 saturated carbocycles. The fourth-order valence-corrected chi connectivity index (χ4v) is 4.93. The number of sulfonamides is 1. The van der Waals surface area contributed by atoms with Gasteiger partial charge in [-0.1, -0.05) is 48.0 Å². The van der Waals surface area contributed by atoms with Crippen molar-refractivity contribution in [2.75, 3.05) is 15.9 Å². The van der Waals surface area contributed by atoms with Gasteiger partial charge in [0.15, 0.2) is 0 Å². The summed E-state index contributed by atoms with van der Waals surface area (Å²) in [6, 6.07) is 27.6. The number of furan rings is 1. The third-order valence-electron chi connectivity index (χ3n) is 5.90. The highest BCUT2D eigenvalue weighted by Gasteiger charge is 2.19. The van der Waals surface area contributed by atoms with Crippen molar-refractivity contribution in [3.8, 4) is 0 Å². The van der Waals surface area contributed by atoms with E-state index in [0.29, 0.717) is 22.5 Å². The molecular weight excluding hydrogens is 460 g/mol. The van der Waals surface area contributed by atoms with Crippen molar-refractivity contribution in [2.45, 2.75) is 13.5 Å². The van der Waals surface area contributed by atoms with Gasteiger partial charge >= 0.3 is 0 Å².